The first-order valence-corrected chi connectivity index (χ1v) is 27.4. The summed E-state index contributed by atoms with van der Waals surface area (Å²) in [5, 5.41) is 12.2. The van der Waals surface area contributed by atoms with Crippen molar-refractivity contribution in [3.8, 4) is 0 Å². The summed E-state index contributed by atoms with van der Waals surface area (Å²) in [5.41, 5.74) is 3.48. The van der Waals surface area contributed by atoms with Crippen LogP contribution in [-0.2, 0) is 50.1 Å². The molecular formula is C49H67KN6O11S3. The second-order valence-corrected chi connectivity index (χ2v) is 23.2. The molecule has 0 aliphatic carbocycles. The van der Waals surface area contributed by atoms with Crippen molar-refractivity contribution in [1.29, 1.82) is 0 Å². The molecule has 2 aromatic carbocycles. The average molecular weight is 1050 g/mol. The Morgan fingerprint density at radius 2 is 1.41 bits per heavy atom. The maximum Gasteiger partial charge on any atom is 1.00 e. The van der Waals surface area contributed by atoms with Crippen LogP contribution in [-0.4, -0.2) is 130 Å². The van der Waals surface area contributed by atoms with Gasteiger partial charge in [0.15, 0.2) is 5.71 Å². The van der Waals surface area contributed by atoms with Gasteiger partial charge in [0.1, 0.15) is 27.3 Å². The largest absolute Gasteiger partial charge is 1.00 e. The molecule has 6 rings (SSSR count). The van der Waals surface area contributed by atoms with Crippen molar-refractivity contribution in [2.45, 2.75) is 123 Å². The van der Waals surface area contributed by atoms with Crippen LogP contribution in [0.4, 0.5) is 16.2 Å². The SMILES string of the molecule is C[N+]1=C(/C=C/C=C/C=C2/N(CCCCCC(=O)NCCOCCOCCNC(=O)CCCC[C@@H]3SC[C@]4(C)NC(=O)N[C@H]34)c3ccc(S(=O)(=O)[O-])cc3C2(C)C)C(C)(C)c2cc(S(=O)(=O)[O-])ccc21.[K+]. The van der Waals surface area contributed by atoms with Gasteiger partial charge in [0.2, 0.25) is 17.5 Å². The van der Waals surface area contributed by atoms with Gasteiger partial charge >= 0.3 is 57.4 Å². The Morgan fingerprint density at radius 3 is 2.04 bits per heavy atom. The number of rotatable bonds is 25. The fourth-order valence-corrected chi connectivity index (χ4v) is 12.4. The molecule has 2 fully saturated rings. The van der Waals surface area contributed by atoms with E-state index in [4.69, 9.17) is 9.47 Å². The van der Waals surface area contributed by atoms with E-state index in [2.05, 4.69) is 33.1 Å². The summed E-state index contributed by atoms with van der Waals surface area (Å²) in [4.78, 5) is 38.1. The summed E-state index contributed by atoms with van der Waals surface area (Å²) in [5.74, 6) is 0.819. The molecular weight excluding hydrogens is 984 g/mol. The number of thioether (sulfide) groups is 1. The Bertz CT molecular complexity index is 2600. The van der Waals surface area contributed by atoms with Crippen molar-refractivity contribution in [3.05, 3.63) is 83.6 Å². The minimum atomic E-state index is -4.68. The molecule has 4 amide bonds. The van der Waals surface area contributed by atoms with Crippen LogP contribution in [0.1, 0.15) is 97.1 Å². The molecule has 4 heterocycles. The Balaban J connectivity index is 0.00000913. The van der Waals surface area contributed by atoms with E-state index in [9.17, 15) is 40.3 Å². The van der Waals surface area contributed by atoms with Gasteiger partial charge in [-0.1, -0.05) is 44.9 Å². The number of allylic oxidation sites excluding steroid dienone is 6. The summed E-state index contributed by atoms with van der Waals surface area (Å²) in [7, 11) is -7.40. The summed E-state index contributed by atoms with van der Waals surface area (Å²) < 4.78 is 84.3. The average Bonchev–Trinajstić information content (AvgIpc) is 3.88. The number of benzene rings is 2. The zero-order valence-corrected chi connectivity index (χ0v) is 47.0. The molecule has 4 aliphatic heterocycles. The molecule has 0 bridgehead atoms. The molecule has 2 aromatic rings. The van der Waals surface area contributed by atoms with Gasteiger partial charge in [-0.2, -0.15) is 16.3 Å². The number of nitrogens with one attached hydrogen (secondary N) is 4. The molecule has 21 heteroatoms. The minimum absolute atomic E-state index is 0. The molecule has 0 radical (unpaired) electrons. The number of hydrogen-bond acceptors (Lipinski definition) is 13. The third-order valence-electron chi connectivity index (χ3n) is 13.5. The van der Waals surface area contributed by atoms with Gasteiger partial charge in [0.25, 0.3) is 0 Å². The van der Waals surface area contributed by atoms with Gasteiger partial charge < -0.3 is 44.7 Å². The van der Waals surface area contributed by atoms with Gasteiger partial charge in [-0.25, -0.2) is 21.6 Å². The first-order valence-electron chi connectivity index (χ1n) is 23.6. The second-order valence-electron chi connectivity index (χ2n) is 19.2. The number of unbranched alkanes of at least 4 members (excludes halogenated alkanes) is 3. The van der Waals surface area contributed by atoms with E-state index < -0.39 is 31.1 Å². The van der Waals surface area contributed by atoms with Crippen LogP contribution in [0.5, 0.6) is 0 Å². The number of fused-ring (bicyclic) bond motifs is 3. The fourth-order valence-electron chi connectivity index (χ4n) is 9.70. The van der Waals surface area contributed by atoms with Gasteiger partial charge in [-0.15, -0.1) is 0 Å². The van der Waals surface area contributed by atoms with Crippen LogP contribution in [0.2, 0.25) is 0 Å². The predicted molar refractivity (Wildman–Crippen MR) is 264 cm³/mol. The summed E-state index contributed by atoms with van der Waals surface area (Å²) in [6.07, 6.45) is 15.2. The number of carbonyl (C=O) groups excluding carboxylic acids is 3. The smallest absolute Gasteiger partial charge is 0.744 e. The quantitative estimate of drug-likeness (QED) is 0.0279. The molecule has 0 spiro atoms. The maximum absolute atomic E-state index is 12.6. The van der Waals surface area contributed by atoms with Crippen LogP contribution in [0.15, 0.2) is 82.3 Å². The number of ether oxygens (including phenoxy) is 2. The van der Waals surface area contributed by atoms with Crippen molar-refractivity contribution in [1.82, 2.24) is 21.3 Å². The first kappa shape index (κ1) is 58.0. The topological polar surface area (TPSA) is 238 Å². The van der Waals surface area contributed by atoms with Crippen molar-refractivity contribution >= 4 is 66.9 Å². The van der Waals surface area contributed by atoms with E-state index in [1.54, 1.807) is 12.1 Å². The van der Waals surface area contributed by atoms with Gasteiger partial charge in [-0.3, -0.25) is 9.59 Å². The number of nitrogens with zero attached hydrogens (tertiary/aromatic N) is 2. The standard InChI is InChI=1S/C49H68N6O11S3.K/c1-47(2)36-31-34(68(59,60)61)20-22-38(36)54(6)41(47)16-9-7-10-17-42-48(3,4)37-32-35(69(62,63)64)21-23-39(37)55(42)26-14-8-11-18-43(56)50-24-27-65-29-30-66-28-25-51-44(57)19-13-12-15-40-45-49(5,33-67-40)53-46(58)52-45;/h7,9-10,16-17,20-23,31-32,40,45H,8,11-15,18-19,24-30,33H2,1-6H3,(H5-,50,51,52,53,56,57,58,59,60,61,62,63,64);/q;+1/p-1/t40-,45+,49-;/m0./s1. The Kier molecular flexibility index (Phi) is 20.6. The molecule has 17 nitrogen and oxygen atoms in total. The zero-order chi connectivity index (χ0) is 50.2. The van der Waals surface area contributed by atoms with Gasteiger partial charge in [0, 0.05) is 78.0 Å². The summed E-state index contributed by atoms with van der Waals surface area (Å²) >= 11 is 1.88. The van der Waals surface area contributed by atoms with Gasteiger partial charge in [-0.05, 0) is 88.4 Å². The molecule has 0 saturated carbocycles. The zero-order valence-electron chi connectivity index (χ0n) is 41.4. The molecule has 2 saturated heterocycles. The molecule has 4 N–H and O–H groups in total. The number of anilines is 1. The number of carbonyl (C=O) groups is 3. The van der Waals surface area contributed by atoms with Crippen LogP contribution in [0.25, 0.3) is 0 Å². The fraction of sp³-hybridized carbons (Fsp3) is 0.551. The predicted octanol–water partition coefficient (Wildman–Crippen LogP) is 2.24. The molecule has 378 valence electrons. The van der Waals surface area contributed by atoms with Crippen LogP contribution < -0.4 is 77.6 Å². The maximum atomic E-state index is 12.6. The minimum Gasteiger partial charge on any atom is -0.744 e. The van der Waals surface area contributed by atoms with Crippen molar-refractivity contribution in [2.24, 2.45) is 0 Å². The number of urea groups is 1. The molecule has 0 aromatic heterocycles. The van der Waals surface area contributed by atoms with Crippen molar-refractivity contribution in [2.75, 3.05) is 63.8 Å². The Hall–Kier alpha value is -2.93. The van der Waals surface area contributed by atoms with E-state index in [1.165, 1.54) is 24.3 Å². The number of hydrogen-bond donors (Lipinski definition) is 4. The normalized spacial score (nSPS) is 21.7. The first-order chi connectivity index (χ1) is 32.5. The van der Waals surface area contributed by atoms with Crippen molar-refractivity contribution < 1.29 is 106 Å². The van der Waals surface area contributed by atoms with Crippen LogP contribution in [0, 0.1) is 0 Å². The van der Waals surface area contributed by atoms with E-state index in [1.807, 2.05) is 81.5 Å². The van der Waals surface area contributed by atoms with Crippen molar-refractivity contribution in [3.63, 3.8) is 0 Å². The van der Waals surface area contributed by atoms with Crippen LogP contribution >= 0.6 is 11.8 Å². The van der Waals surface area contributed by atoms with E-state index in [0.29, 0.717) is 70.6 Å². The Morgan fingerprint density at radius 1 is 0.814 bits per heavy atom. The molecule has 70 heavy (non-hydrogen) atoms. The third kappa shape index (κ3) is 14.4. The van der Waals surface area contributed by atoms with E-state index >= 15 is 0 Å². The third-order valence-corrected chi connectivity index (χ3v) is 16.8. The Labute approximate surface area is 460 Å². The summed E-state index contributed by atoms with van der Waals surface area (Å²) in [6.45, 7) is 12.8. The van der Waals surface area contributed by atoms with Crippen LogP contribution in [0.3, 0.4) is 0 Å². The second kappa shape index (κ2) is 24.9. The van der Waals surface area contributed by atoms with Gasteiger partial charge in [0.05, 0.1) is 53.2 Å². The number of amides is 4. The summed E-state index contributed by atoms with van der Waals surface area (Å²) in [6, 6.07) is 8.93. The molecule has 4 aliphatic rings. The van der Waals surface area contributed by atoms with E-state index in [-0.39, 0.29) is 90.6 Å². The molecule has 0 unspecified atom stereocenters. The molecule has 3 atom stereocenters. The van der Waals surface area contributed by atoms with E-state index in [0.717, 1.165) is 71.8 Å². The monoisotopic (exact) mass is 1050 g/mol.